The van der Waals surface area contributed by atoms with Gasteiger partial charge in [-0.15, -0.1) is 0 Å². The highest BCUT2D eigenvalue weighted by Crippen LogP contribution is 2.29. The number of nitrogens with zero attached hydrogens (tertiary/aromatic N) is 4. The quantitative estimate of drug-likeness (QED) is 0.612. The van der Waals surface area contributed by atoms with Crippen molar-refractivity contribution in [3.8, 4) is 0 Å². The van der Waals surface area contributed by atoms with Crippen LogP contribution in [0.5, 0.6) is 0 Å². The highest BCUT2D eigenvalue weighted by atomic mass is 16.6. The van der Waals surface area contributed by atoms with Crippen LogP contribution in [-0.2, 0) is 0 Å². The van der Waals surface area contributed by atoms with Crippen LogP contribution in [0.25, 0.3) is 0 Å². The number of hydrogen-bond acceptors (Lipinski definition) is 8. The van der Waals surface area contributed by atoms with E-state index < -0.39 is 10.8 Å². The largest absolute Gasteiger partial charge is 0.459 e. The summed E-state index contributed by atoms with van der Waals surface area (Å²) in [5, 5.41) is 11.1. The number of hydrogen-bond donors (Lipinski definition) is 2. The summed E-state index contributed by atoms with van der Waals surface area (Å²) in [5.74, 6) is -0.533. The summed E-state index contributed by atoms with van der Waals surface area (Å²) in [6.45, 7) is 0. The topological polar surface area (TPSA) is 126 Å². The molecule has 0 unspecified atom stereocenters. The predicted octanol–water partition coefficient (Wildman–Crippen LogP) is 0.801. The van der Waals surface area contributed by atoms with E-state index in [0.717, 1.165) is 6.33 Å². The molecule has 0 saturated carbocycles. The Morgan fingerprint density at radius 3 is 2.76 bits per heavy atom. The molecule has 2 heterocycles. The van der Waals surface area contributed by atoms with Crippen LogP contribution >= 0.6 is 0 Å². The minimum absolute atomic E-state index is 0.0621. The number of aromatic nitrogens is 2. The normalized spacial score (nSPS) is 10.0. The molecule has 0 atom stereocenters. The maximum absolute atomic E-state index is 11.7. The monoisotopic (exact) mass is 292 g/mol. The zero-order valence-corrected chi connectivity index (χ0v) is 11.2. The number of rotatable bonds is 5. The van der Waals surface area contributed by atoms with E-state index in [1.165, 1.54) is 17.2 Å². The second-order valence-electron chi connectivity index (χ2n) is 4.10. The Labute approximate surface area is 118 Å². The zero-order chi connectivity index (χ0) is 15.4. The van der Waals surface area contributed by atoms with Crippen LogP contribution in [0.2, 0.25) is 0 Å². The van der Waals surface area contributed by atoms with Crippen molar-refractivity contribution in [3.63, 3.8) is 0 Å². The summed E-state index contributed by atoms with van der Waals surface area (Å²) in [5.41, 5.74) is 4.32. The van der Waals surface area contributed by atoms with E-state index in [2.05, 4.69) is 20.8 Å². The Morgan fingerprint density at radius 1 is 1.43 bits per heavy atom. The Bertz CT molecular complexity index is 655. The second kappa shape index (κ2) is 5.86. The van der Waals surface area contributed by atoms with E-state index in [1.54, 1.807) is 20.2 Å². The molecule has 10 nitrogen and oxygen atoms in total. The number of nitro groups is 1. The van der Waals surface area contributed by atoms with E-state index in [-0.39, 0.29) is 23.1 Å². The van der Waals surface area contributed by atoms with Crippen LogP contribution in [0.3, 0.4) is 0 Å². The second-order valence-corrected chi connectivity index (χ2v) is 4.10. The van der Waals surface area contributed by atoms with Gasteiger partial charge in [0.05, 0.1) is 11.2 Å². The molecule has 2 aromatic rings. The van der Waals surface area contributed by atoms with Gasteiger partial charge < -0.3 is 9.32 Å². The molecular weight excluding hydrogens is 280 g/mol. The van der Waals surface area contributed by atoms with E-state index in [1.807, 2.05) is 0 Å². The fraction of sp³-hybridized carbons (Fsp3) is 0.182. The van der Waals surface area contributed by atoms with Crippen LogP contribution in [0.15, 0.2) is 29.1 Å². The summed E-state index contributed by atoms with van der Waals surface area (Å²) in [6, 6.07) is 3.00. The van der Waals surface area contributed by atoms with Crippen molar-refractivity contribution in [1.82, 2.24) is 15.4 Å². The number of nitrogens with one attached hydrogen (secondary N) is 2. The van der Waals surface area contributed by atoms with E-state index in [4.69, 9.17) is 4.42 Å². The van der Waals surface area contributed by atoms with Gasteiger partial charge in [0.2, 0.25) is 11.6 Å². The zero-order valence-electron chi connectivity index (χ0n) is 11.2. The van der Waals surface area contributed by atoms with Gasteiger partial charge in [-0.1, -0.05) is 0 Å². The SMILES string of the molecule is CN(C)c1ncnc(NNC(=O)c2ccco2)c1[N+](=O)[O-]. The maximum Gasteiger partial charge on any atom is 0.355 e. The Hall–Kier alpha value is -3.17. The lowest BCUT2D eigenvalue weighted by molar-refractivity contribution is -0.383. The lowest BCUT2D eigenvalue weighted by Crippen LogP contribution is -2.30. The van der Waals surface area contributed by atoms with Crippen molar-refractivity contribution in [2.24, 2.45) is 0 Å². The summed E-state index contributed by atoms with van der Waals surface area (Å²) in [4.78, 5) is 31.3. The molecule has 2 aromatic heterocycles. The molecule has 0 aliphatic rings. The molecule has 21 heavy (non-hydrogen) atoms. The van der Waals surface area contributed by atoms with Gasteiger partial charge in [0, 0.05) is 14.1 Å². The van der Waals surface area contributed by atoms with Crippen LogP contribution in [0, 0.1) is 10.1 Å². The molecule has 0 fully saturated rings. The minimum atomic E-state index is -0.628. The van der Waals surface area contributed by atoms with E-state index >= 15 is 0 Å². The molecule has 0 saturated heterocycles. The number of amides is 1. The van der Waals surface area contributed by atoms with Crippen molar-refractivity contribution in [3.05, 3.63) is 40.6 Å². The van der Waals surface area contributed by atoms with Gasteiger partial charge in [-0.05, 0) is 12.1 Å². The summed E-state index contributed by atoms with van der Waals surface area (Å²) in [7, 11) is 3.22. The van der Waals surface area contributed by atoms with Gasteiger partial charge in [-0.25, -0.2) is 9.97 Å². The van der Waals surface area contributed by atoms with Crippen LogP contribution in [0.4, 0.5) is 17.3 Å². The van der Waals surface area contributed by atoms with Gasteiger partial charge in [0.25, 0.3) is 0 Å². The van der Waals surface area contributed by atoms with E-state index in [0.29, 0.717) is 0 Å². The van der Waals surface area contributed by atoms with E-state index in [9.17, 15) is 14.9 Å². The number of carbonyl (C=O) groups excluding carboxylic acids is 1. The molecule has 2 rings (SSSR count). The first-order valence-electron chi connectivity index (χ1n) is 5.77. The number of furan rings is 1. The van der Waals surface area contributed by atoms with Crippen LogP contribution in [0.1, 0.15) is 10.6 Å². The average molecular weight is 292 g/mol. The van der Waals surface area contributed by atoms with Crippen molar-refractivity contribution in [1.29, 1.82) is 0 Å². The smallest absolute Gasteiger partial charge is 0.355 e. The van der Waals surface area contributed by atoms with Gasteiger partial charge in [0.1, 0.15) is 6.33 Å². The summed E-state index contributed by atoms with van der Waals surface area (Å²) >= 11 is 0. The highest BCUT2D eigenvalue weighted by molar-refractivity contribution is 5.92. The van der Waals surface area contributed by atoms with Crippen LogP contribution < -0.4 is 15.8 Å². The molecule has 1 amide bonds. The molecule has 10 heteroatoms. The highest BCUT2D eigenvalue weighted by Gasteiger charge is 2.24. The van der Waals surface area contributed by atoms with Crippen molar-refractivity contribution < 1.29 is 14.1 Å². The van der Waals surface area contributed by atoms with Crippen molar-refractivity contribution >= 4 is 23.2 Å². The molecule has 0 aliphatic heterocycles. The molecule has 0 spiro atoms. The van der Waals surface area contributed by atoms with Gasteiger partial charge in [0.15, 0.2) is 5.76 Å². The first kappa shape index (κ1) is 14.2. The molecule has 0 aromatic carbocycles. The lowest BCUT2D eigenvalue weighted by atomic mass is 10.4. The summed E-state index contributed by atoms with van der Waals surface area (Å²) < 4.78 is 4.90. The molecule has 0 radical (unpaired) electrons. The number of anilines is 2. The number of hydrazine groups is 1. The fourth-order valence-corrected chi connectivity index (χ4v) is 1.54. The molecule has 110 valence electrons. The van der Waals surface area contributed by atoms with Gasteiger partial charge >= 0.3 is 11.6 Å². The fourth-order valence-electron chi connectivity index (χ4n) is 1.54. The molecular formula is C11H12N6O4. The Morgan fingerprint density at radius 2 is 2.19 bits per heavy atom. The Kier molecular flexibility index (Phi) is 3.97. The first-order valence-corrected chi connectivity index (χ1v) is 5.77. The predicted molar refractivity (Wildman–Crippen MR) is 72.8 cm³/mol. The van der Waals surface area contributed by atoms with Gasteiger partial charge in [-0.3, -0.25) is 25.8 Å². The minimum Gasteiger partial charge on any atom is -0.459 e. The third-order valence-electron chi connectivity index (χ3n) is 2.45. The maximum atomic E-state index is 11.7. The Balaban J connectivity index is 2.22. The third-order valence-corrected chi connectivity index (χ3v) is 2.45. The van der Waals surface area contributed by atoms with Crippen molar-refractivity contribution in [2.45, 2.75) is 0 Å². The number of carbonyl (C=O) groups is 1. The standard InChI is InChI=1S/C11H12N6O4/c1-16(2)10-8(17(19)20)9(12-6-13-10)14-15-11(18)7-4-3-5-21-7/h3-6H,1-2H3,(H,15,18)(H,12,13,14). The summed E-state index contributed by atoms with van der Waals surface area (Å²) in [6.07, 6.45) is 2.50. The molecule has 2 N–H and O–H groups in total. The lowest BCUT2D eigenvalue weighted by Gasteiger charge is -2.13. The average Bonchev–Trinajstić information content (AvgIpc) is 2.98. The third kappa shape index (κ3) is 3.05. The van der Waals surface area contributed by atoms with Gasteiger partial charge in [-0.2, -0.15) is 0 Å². The van der Waals surface area contributed by atoms with Crippen molar-refractivity contribution in [2.75, 3.05) is 24.4 Å². The molecule has 0 bridgehead atoms. The van der Waals surface area contributed by atoms with Crippen LogP contribution in [-0.4, -0.2) is 34.9 Å². The molecule has 0 aliphatic carbocycles. The first-order chi connectivity index (χ1) is 10.0.